The molecule has 21 heavy (non-hydrogen) atoms. The fourth-order valence-corrected chi connectivity index (χ4v) is 2.18. The van der Waals surface area contributed by atoms with E-state index in [0.29, 0.717) is 5.92 Å². The van der Waals surface area contributed by atoms with E-state index in [1.54, 1.807) is 6.20 Å². The van der Waals surface area contributed by atoms with Crippen LogP contribution in [0.15, 0.2) is 37.8 Å². The quantitative estimate of drug-likeness (QED) is 0.838. The highest BCUT2D eigenvalue weighted by atomic mass is 15.1. The highest BCUT2D eigenvalue weighted by molar-refractivity contribution is 5.80. The number of pyridine rings is 1. The van der Waals surface area contributed by atoms with Crippen molar-refractivity contribution >= 4 is 17.0 Å². The SMILES string of the molecule is C=C(Nc1cn[nH]c1C(=C)C)c1cncc(CC(C)C)c1. The van der Waals surface area contributed by atoms with E-state index in [2.05, 4.69) is 53.6 Å². The number of hydrogen-bond donors (Lipinski definition) is 2. The van der Waals surface area contributed by atoms with Crippen molar-refractivity contribution in [1.29, 1.82) is 0 Å². The molecule has 0 saturated carbocycles. The minimum Gasteiger partial charge on any atom is -0.352 e. The van der Waals surface area contributed by atoms with Gasteiger partial charge in [0.15, 0.2) is 0 Å². The minimum absolute atomic E-state index is 0.604. The number of nitrogens with one attached hydrogen (secondary N) is 2. The number of anilines is 1. The molecule has 2 aromatic heterocycles. The van der Waals surface area contributed by atoms with Gasteiger partial charge in [-0.2, -0.15) is 5.10 Å². The van der Waals surface area contributed by atoms with Gasteiger partial charge in [0.1, 0.15) is 0 Å². The standard InChI is InChI=1S/C17H22N4/c1-11(2)6-14-7-15(9-18-8-14)13(5)20-16-10-19-21-17(16)12(3)4/h7-11,20H,3,5-6H2,1-2,4H3,(H,19,21). The molecule has 0 aliphatic carbocycles. The fourth-order valence-electron chi connectivity index (χ4n) is 2.18. The Balaban J connectivity index is 2.17. The van der Waals surface area contributed by atoms with E-state index in [0.717, 1.165) is 34.6 Å². The Labute approximate surface area is 126 Å². The predicted octanol–water partition coefficient (Wildman–Crippen LogP) is 4.12. The molecule has 0 aliphatic heterocycles. The molecule has 0 spiro atoms. The van der Waals surface area contributed by atoms with E-state index in [1.807, 2.05) is 19.3 Å². The van der Waals surface area contributed by atoms with E-state index in [9.17, 15) is 0 Å². The molecule has 2 aromatic rings. The molecule has 2 heterocycles. The van der Waals surface area contributed by atoms with Crippen LogP contribution in [0.25, 0.3) is 11.3 Å². The van der Waals surface area contributed by atoms with Gasteiger partial charge >= 0.3 is 0 Å². The first-order valence-corrected chi connectivity index (χ1v) is 7.07. The molecule has 2 rings (SSSR count). The van der Waals surface area contributed by atoms with Crippen LogP contribution in [0.4, 0.5) is 5.69 Å². The predicted molar refractivity (Wildman–Crippen MR) is 88.7 cm³/mol. The van der Waals surface area contributed by atoms with Crippen LogP contribution in [0.1, 0.15) is 37.6 Å². The Morgan fingerprint density at radius 3 is 2.71 bits per heavy atom. The zero-order valence-electron chi connectivity index (χ0n) is 12.9. The average Bonchev–Trinajstić information content (AvgIpc) is 2.86. The number of H-pyrrole nitrogens is 1. The maximum atomic E-state index is 4.30. The van der Waals surface area contributed by atoms with Crippen LogP contribution in [-0.2, 0) is 6.42 Å². The van der Waals surface area contributed by atoms with Gasteiger partial charge in [-0.25, -0.2) is 0 Å². The van der Waals surface area contributed by atoms with Crippen molar-refractivity contribution < 1.29 is 0 Å². The summed E-state index contributed by atoms with van der Waals surface area (Å²) in [6.45, 7) is 14.4. The Hall–Kier alpha value is -2.36. The van der Waals surface area contributed by atoms with Crippen molar-refractivity contribution in [2.24, 2.45) is 5.92 Å². The van der Waals surface area contributed by atoms with Gasteiger partial charge in [-0.05, 0) is 36.5 Å². The average molecular weight is 282 g/mol. The van der Waals surface area contributed by atoms with Gasteiger partial charge in [-0.1, -0.05) is 27.0 Å². The Bertz CT molecular complexity index is 652. The summed E-state index contributed by atoms with van der Waals surface area (Å²) in [6, 6.07) is 2.13. The van der Waals surface area contributed by atoms with Gasteiger partial charge < -0.3 is 5.32 Å². The van der Waals surface area contributed by atoms with Crippen molar-refractivity contribution in [2.45, 2.75) is 27.2 Å². The summed E-state index contributed by atoms with van der Waals surface area (Å²) in [6.07, 6.45) is 6.48. The third kappa shape index (κ3) is 3.81. The fraction of sp³-hybridized carbons (Fsp3) is 0.294. The van der Waals surface area contributed by atoms with Crippen molar-refractivity contribution in [1.82, 2.24) is 15.2 Å². The molecule has 0 saturated heterocycles. The monoisotopic (exact) mass is 282 g/mol. The molecule has 4 nitrogen and oxygen atoms in total. The van der Waals surface area contributed by atoms with Crippen molar-refractivity contribution in [2.75, 3.05) is 5.32 Å². The molecular formula is C17H22N4. The van der Waals surface area contributed by atoms with Crippen LogP contribution >= 0.6 is 0 Å². The number of allylic oxidation sites excluding steroid dienone is 1. The number of nitrogens with zero attached hydrogens (tertiary/aromatic N) is 2. The van der Waals surface area contributed by atoms with Crippen LogP contribution in [0.2, 0.25) is 0 Å². The largest absolute Gasteiger partial charge is 0.352 e. The van der Waals surface area contributed by atoms with Gasteiger partial charge in [0, 0.05) is 23.7 Å². The molecule has 0 bridgehead atoms. The lowest BCUT2D eigenvalue weighted by Gasteiger charge is -2.11. The van der Waals surface area contributed by atoms with Crippen LogP contribution < -0.4 is 5.32 Å². The molecule has 0 amide bonds. The Morgan fingerprint density at radius 2 is 2.05 bits per heavy atom. The van der Waals surface area contributed by atoms with Crippen molar-refractivity contribution in [3.05, 3.63) is 54.6 Å². The summed E-state index contributed by atoms with van der Waals surface area (Å²) in [4.78, 5) is 4.30. The van der Waals surface area contributed by atoms with E-state index in [4.69, 9.17) is 0 Å². The second-order valence-corrected chi connectivity index (χ2v) is 5.72. The highest BCUT2D eigenvalue weighted by Crippen LogP contribution is 2.23. The van der Waals surface area contributed by atoms with Crippen LogP contribution in [0.3, 0.4) is 0 Å². The van der Waals surface area contributed by atoms with E-state index >= 15 is 0 Å². The van der Waals surface area contributed by atoms with Gasteiger partial charge in [-0.3, -0.25) is 10.1 Å². The zero-order valence-corrected chi connectivity index (χ0v) is 12.9. The topological polar surface area (TPSA) is 53.6 Å². The highest BCUT2D eigenvalue weighted by Gasteiger charge is 2.08. The lowest BCUT2D eigenvalue weighted by Crippen LogP contribution is -2.01. The Morgan fingerprint density at radius 1 is 1.29 bits per heavy atom. The molecule has 0 atom stereocenters. The van der Waals surface area contributed by atoms with Crippen molar-refractivity contribution in [3.63, 3.8) is 0 Å². The van der Waals surface area contributed by atoms with Gasteiger partial charge in [0.05, 0.1) is 17.6 Å². The molecule has 0 unspecified atom stereocenters. The minimum atomic E-state index is 0.604. The lowest BCUT2D eigenvalue weighted by atomic mass is 10.0. The molecule has 2 N–H and O–H groups in total. The summed E-state index contributed by atoms with van der Waals surface area (Å²) < 4.78 is 0. The van der Waals surface area contributed by atoms with E-state index < -0.39 is 0 Å². The van der Waals surface area contributed by atoms with Gasteiger partial charge in [0.2, 0.25) is 0 Å². The third-order valence-corrected chi connectivity index (χ3v) is 3.14. The summed E-state index contributed by atoms with van der Waals surface area (Å²) in [5.41, 5.74) is 5.70. The molecule has 0 fully saturated rings. The zero-order chi connectivity index (χ0) is 15.4. The molecule has 0 aromatic carbocycles. The van der Waals surface area contributed by atoms with Gasteiger partial charge in [0.25, 0.3) is 0 Å². The summed E-state index contributed by atoms with van der Waals surface area (Å²) in [5.74, 6) is 0.604. The number of rotatable bonds is 6. The van der Waals surface area contributed by atoms with Gasteiger partial charge in [-0.15, -0.1) is 0 Å². The third-order valence-electron chi connectivity index (χ3n) is 3.14. The van der Waals surface area contributed by atoms with E-state index in [1.165, 1.54) is 5.56 Å². The normalized spacial score (nSPS) is 10.7. The molecule has 4 heteroatoms. The van der Waals surface area contributed by atoms with E-state index in [-0.39, 0.29) is 0 Å². The van der Waals surface area contributed by atoms with Crippen LogP contribution in [-0.4, -0.2) is 15.2 Å². The van der Waals surface area contributed by atoms with Crippen LogP contribution in [0, 0.1) is 5.92 Å². The maximum Gasteiger partial charge on any atom is 0.0845 e. The second kappa shape index (κ2) is 6.39. The number of hydrogen-bond acceptors (Lipinski definition) is 3. The first-order chi connectivity index (χ1) is 9.97. The summed E-state index contributed by atoms with van der Waals surface area (Å²) in [5, 5.41) is 10.3. The number of aromatic nitrogens is 3. The maximum absolute atomic E-state index is 4.30. The van der Waals surface area contributed by atoms with Crippen LogP contribution in [0.5, 0.6) is 0 Å². The first kappa shape index (κ1) is 15.0. The Kier molecular flexibility index (Phi) is 4.58. The summed E-state index contributed by atoms with van der Waals surface area (Å²) >= 11 is 0. The number of aromatic amines is 1. The molecule has 110 valence electrons. The molecule has 0 aliphatic rings. The molecular weight excluding hydrogens is 260 g/mol. The molecule has 0 radical (unpaired) electrons. The smallest absolute Gasteiger partial charge is 0.0845 e. The van der Waals surface area contributed by atoms with Crippen molar-refractivity contribution in [3.8, 4) is 0 Å². The lowest BCUT2D eigenvalue weighted by molar-refractivity contribution is 0.645. The summed E-state index contributed by atoms with van der Waals surface area (Å²) in [7, 11) is 0. The second-order valence-electron chi connectivity index (χ2n) is 5.72. The first-order valence-electron chi connectivity index (χ1n) is 7.07.